The van der Waals surface area contributed by atoms with Gasteiger partial charge in [0.25, 0.3) is 5.91 Å². The first-order valence-electron chi connectivity index (χ1n) is 5.85. The normalized spacial score (nSPS) is 13.2. The number of ether oxygens (including phenoxy) is 2. The fourth-order valence-electron chi connectivity index (χ4n) is 1.38. The zero-order chi connectivity index (χ0) is 15.3. The molecular weight excluding hydrogens is 305 g/mol. The van der Waals surface area contributed by atoms with Gasteiger partial charge in [-0.05, 0) is 32.0 Å². The third-order valence-electron chi connectivity index (χ3n) is 2.48. The standard InChI is InChI=1S/C13H15Cl2NO4/c1-7(13(18)19-3)16-12(17)8(2)20-11-5-4-9(14)6-10(11)15/h4-8H,1-3H3,(H,16,17). The predicted octanol–water partition coefficient (Wildman–Crippen LogP) is 2.44. The molecule has 1 N–H and O–H groups in total. The molecule has 0 aliphatic carbocycles. The predicted molar refractivity (Wildman–Crippen MR) is 76.2 cm³/mol. The number of amides is 1. The first-order chi connectivity index (χ1) is 9.35. The Hall–Kier alpha value is -1.46. The molecule has 1 amide bonds. The molecule has 0 aliphatic heterocycles. The molecule has 0 saturated heterocycles. The second kappa shape index (κ2) is 7.36. The van der Waals surface area contributed by atoms with E-state index in [2.05, 4.69) is 10.1 Å². The maximum absolute atomic E-state index is 11.8. The molecule has 0 bridgehead atoms. The Balaban J connectivity index is 2.64. The first-order valence-corrected chi connectivity index (χ1v) is 6.60. The van der Waals surface area contributed by atoms with Gasteiger partial charge in [-0.1, -0.05) is 23.2 Å². The second-order valence-corrected chi connectivity index (χ2v) is 4.93. The lowest BCUT2D eigenvalue weighted by atomic mass is 10.3. The topological polar surface area (TPSA) is 64.6 Å². The van der Waals surface area contributed by atoms with Crippen molar-refractivity contribution in [2.75, 3.05) is 7.11 Å². The minimum Gasteiger partial charge on any atom is -0.479 e. The molecule has 2 atom stereocenters. The van der Waals surface area contributed by atoms with Crippen molar-refractivity contribution in [1.29, 1.82) is 0 Å². The summed E-state index contributed by atoms with van der Waals surface area (Å²) in [6, 6.07) is 3.93. The molecule has 5 nitrogen and oxygen atoms in total. The van der Waals surface area contributed by atoms with Gasteiger partial charge >= 0.3 is 5.97 Å². The second-order valence-electron chi connectivity index (χ2n) is 4.09. The first kappa shape index (κ1) is 16.6. The van der Waals surface area contributed by atoms with Gasteiger partial charge in [0, 0.05) is 5.02 Å². The third-order valence-corrected chi connectivity index (χ3v) is 3.01. The summed E-state index contributed by atoms with van der Waals surface area (Å²) >= 11 is 11.7. The zero-order valence-electron chi connectivity index (χ0n) is 11.3. The van der Waals surface area contributed by atoms with Gasteiger partial charge in [0.1, 0.15) is 11.8 Å². The van der Waals surface area contributed by atoms with Gasteiger partial charge < -0.3 is 14.8 Å². The molecule has 1 aromatic carbocycles. The summed E-state index contributed by atoms with van der Waals surface area (Å²) in [5.41, 5.74) is 0. The van der Waals surface area contributed by atoms with Crippen LogP contribution in [0.5, 0.6) is 5.75 Å². The molecule has 0 heterocycles. The van der Waals surface area contributed by atoms with E-state index >= 15 is 0 Å². The molecule has 7 heteroatoms. The van der Waals surface area contributed by atoms with E-state index < -0.39 is 24.0 Å². The van der Waals surface area contributed by atoms with Gasteiger partial charge in [-0.15, -0.1) is 0 Å². The molecule has 2 unspecified atom stereocenters. The van der Waals surface area contributed by atoms with Crippen LogP contribution in [0.3, 0.4) is 0 Å². The highest BCUT2D eigenvalue weighted by molar-refractivity contribution is 6.35. The number of carbonyl (C=O) groups is 2. The minimum absolute atomic E-state index is 0.304. The molecule has 0 saturated carbocycles. The van der Waals surface area contributed by atoms with E-state index in [0.29, 0.717) is 15.8 Å². The monoisotopic (exact) mass is 319 g/mol. The number of hydrogen-bond acceptors (Lipinski definition) is 4. The highest BCUT2D eigenvalue weighted by Gasteiger charge is 2.21. The van der Waals surface area contributed by atoms with E-state index in [9.17, 15) is 9.59 Å². The third kappa shape index (κ3) is 4.58. The van der Waals surface area contributed by atoms with Gasteiger partial charge in [-0.2, -0.15) is 0 Å². The van der Waals surface area contributed by atoms with E-state index in [1.165, 1.54) is 20.1 Å². The Kier molecular flexibility index (Phi) is 6.10. The molecule has 0 fully saturated rings. The molecule has 0 aromatic heterocycles. The van der Waals surface area contributed by atoms with Crippen molar-refractivity contribution in [2.45, 2.75) is 26.0 Å². The van der Waals surface area contributed by atoms with E-state index in [0.717, 1.165) is 0 Å². The van der Waals surface area contributed by atoms with Gasteiger partial charge in [0.15, 0.2) is 6.10 Å². The lowest BCUT2D eigenvalue weighted by molar-refractivity contribution is -0.145. The number of methoxy groups -OCH3 is 1. The smallest absolute Gasteiger partial charge is 0.328 e. The maximum atomic E-state index is 11.8. The summed E-state index contributed by atoms with van der Waals surface area (Å²) in [5, 5.41) is 3.25. The molecule has 0 aliphatic rings. The Morgan fingerprint density at radius 1 is 1.25 bits per heavy atom. The van der Waals surface area contributed by atoms with Crippen molar-refractivity contribution in [3.05, 3.63) is 28.2 Å². The number of rotatable bonds is 5. The summed E-state index contributed by atoms with van der Waals surface area (Å²) in [7, 11) is 1.25. The molecule has 110 valence electrons. The van der Waals surface area contributed by atoms with Crippen LogP contribution >= 0.6 is 23.2 Å². The van der Waals surface area contributed by atoms with E-state index in [-0.39, 0.29) is 0 Å². The summed E-state index contributed by atoms with van der Waals surface area (Å²) in [4.78, 5) is 23.0. The summed E-state index contributed by atoms with van der Waals surface area (Å²) in [5.74, 6) is -0.645. The van der Waals surface area contributed by atoms with E-state index in [1.807, 2.05) is 0 Å². The van der Waals surface area contributed by atoms with Gasteiger partial charge in [0.05, 0.1) is 12.1 Å². The average Bonchev–Trinajstić information content (AvgIpc) is 2.40. The van der Waals surface area contributed by atoms with Crippen LogP contribution in [-0.4, -0.2) is 31.1 Å². The Morgan fingerprint density at radius 2 is 1.90 bits per heavy atom. The van der Waals surface area contributed by atoms with Gasteiger partial charge in [0.2, 0.25) is 0 Å². The number of halogens is 2. The molecule has 1 rings (SSSR count). The fraction of sp³-hybridized carbons (Fsp3) is 0.385. The number of esters is 1. The van der Waals surface area contributed by atoms with Crippen molar-refractivity contribution in [3.8, 4) is 5.75 Å². The summed E-state index contributed by atoms with van der Waals surface area (Å²) < 4.78 is 9.93. The highest BCUT2D eigenvalue weighted by Crippen LogP contribution is 2.28. The summed E-state index contributed by atoms with van der Waals surface area (Å²) in [6.45, 7) is 3.07. The number of hydrogen-bond donors (Lipinski definition) is 1. The van der Waals surface area contributed by atoms with Crippen LogP contribution in [0.4, 0.5) is 0 Å². The number of nitrogens with one attached hydrogen (secondary N) is 1. The average molecular weight is 320 g/mol. The van der Waals surface area contributed by atoms with Crippen LogP contribution in [0.1, 0.15) is 13.8 Å². The van der Waals surface area contributed by atoms with Crippen LogP contribution < -0.4 is 10.1 Å². The van der Waals surface area contributed by atoms with E-state index in [1.54, 1.807) is 19.1 Å². The zero-order valence-corrected chi connectivity index (χ0v) is 12.8. The van der Waals surface area contributed by atoms with Crippen LogP contribution in [0.2, 0.25) is 10.0 Å². The van der Waals surface area contributed by atoms with Gasteiger partial charge in [-0.25, -0.2) is 4.79 Å². The largest absolute Gasteiger partial charge is 0.479 e. The van der Waals surface area contributed by atoms with Crippen LogP contribution in [0.15, 0.2) is 18.2 Å². The minimum atomic E-state index is -0.819. The molecule has 0 spiro atoms. The SMILES string of the molecule is COC(=O)C(C)NC(=O)C(C)Oc1ccc(Cl)cc1Cl. The number of benzene rings is 1. The Bertz CT molecular complexity index is 507. The summed E-state index contributed by atoms with van der Waals surface area (Å²) in [6.07, 6.45) is -0.819. The van der Waals surface area contributed by atoms with Crippen molar-refractivity contribution in [1.82, 2.24) is 5.32 Å². The molecule has 20 heavy (non-hydrogen) atoms. The van der Waals surface area contributed by atoms with Crippen LogP contribution in [-0.2, 0) is 14.3 Å². The van der Waals surface area contributed by atoms with Crippen molar-refractivity contribution in [3.63, 3.8) is 0 Å². The quantitative estimate of drug-likeness (QED) is 0.847. The lowest BCUT2D eigenvalue weighted by Gasteiger charge is -2.18. The lowest BCUT2D eigenvalue weighted by Crippen LogP contribution is -2.45. The Labute approximate surface area is 127 Å². The number of carbonyl (C=O) groups excluding carboxylic acids is 2. The van der Waals surface area contributed by atoms with Crippen LogP contribution in [0.25, 0.3) is 0 Å². The van der Waals surface area contributed by atoms with Crippen LogP contribution in [0, 0.1) is 0 Å². The maximum Gasteiger partial charge on any atom is 0.328 e. The van der Waals surface area contributed by atoms with Crippen molar-refractivity contribution < 1.29 is 19.1 Å². The Morgan fingerprint density at radius 3 is 2.45 bits per heavy atom. The highest BCUT2D eigenvalue weighted by atomic mass is 35.5. The van der Waals surface area contributed by atoms with E-state index in [4.69, 9.17) is 27.9 Å². The molecule has 0 radical (unpaired) electrons. The van der Waals surface area contributed by atoms with Gasteiger partial charge in [-0.3, -0.25) is 4.79 Å². The molecular formula is C13H15Cl2NO4. The van der Waals surface area contributed by atoms with Crippen molar-refractivity contribution >= 4 is 35.1 Å². The van der Waals surface area contributed by atoms with Crippen molar-refractivity contribution in [2.24, 2.45) is 0 Å². The fourth-order valence-corrected chi connectivity index (χ4v) is 1.83. The molecule has 1 aromatic rings.